The predicted molar refractivity (Wildman–Crippen MR) is 212 cm³/mol. The number of halogens is 2. The molecule has 5 aliphatic rings. The molecule has 5 aliphatic heterocycles. The number of nitrogens with one attached hydrogen (secondary N) is 1. The number of phenols is 1. The van der Waals surface area contributed by atoms with Crippen molar-refractivity contribution in [3.8, 4) is 11.5 Å². The van der Waals surface area contributed by atoms with Crippen LogP contribution < -0.4 is 19.9 Å². The van der Waals surface area contributed by atoms with Crippen LogP contribution in [-0.4, -0.2) is 91.1 Å². The zero-order valence-electron chi connectivity index (χ0n) is 32.1. The van der Waals surface area contributed by atoms with Gasteiger partial charge in [0, 0.05) is 87.8 Å². The summed E-state index contributed by atoms with van der Waals surface area (Å²) in [7, 11) is 0. The topological polar surface area (TPSA) is 106 Å². The summed E-state index contributed by atoms with van der Waals surface area (Å²) in [4.78, 5) is 45.3. The van der Waals surface area contributed by atoms with Gasteiger partial charge in [-0.05, 0) is 79.1 Å². The first-order chi connectivity index (χ1) is 27.6. The third-order valence-corrected chi connectivity index (χ3v) is 12.7. The fraction of sp³-hybridized carbons (Fsp3) is 0.400. The Morgan fingerprint density at radius 2 is 1.58 bits per heavy atom. The third kappa shape index (κ3) is 7.20. The number of hydrogen-bond donors (Lipinski definition) is 2. The van der Waals surface area contributed by atoms with Crippen LogP contribution in [-0.2, 0) is 16.1 Å². The van der Waals surface area contributed by atoms with Gasteiger partial charge in [-0.3, -0.25) is 24.6 Å². The summed E-state index contributed by atoms with van der Waals surface area (Å²) in [5.74, 6) is -0.787. The largest absolute Gasteiger partial charge is 0.508 e. The standard InChI is InChI=1S/C45H47F2N5O5/c1-27-3-2-4-29(19-27)35-26-57-41-22-32(53)6-7-33(41)43(35)30-5-8-38(36(46)20-30)50-13-11-28(12-14-50)24-49-15-17-51(18-16-49)40-21-31-25-52(45(56)34(31)23-37(40)47)39-9-10-42(54)48-44(39)55/h2-8,19-23,28,35,39,43,53H,9-18,24-26H2,1H3,(H,48,54,55)/t35-,39+,43-/m1/s1. The Bertz CT molecular complexity index is 2230. The monoisotopic (exact) mass is 775 g/mol. The number of anilines is 2. The number of benzene rings is 4. The molecule has 3 amide bonds. The summed E-state index contributed by atoms with van der Waals surface area (Å²) in [6.45, 7) is 8.05. The Balaban J connectivity index is 0.808. The smallest absolute Gasteiger partial charge is 0.255 e. The number of ether oxygens (including phenoxy) is 1. The average Bonchev–Trinajstić information content (AvgIpc) is 3.51. The number of imide groups is 1. The van der Waals surface area contributed by atoms with Gasteiger partial charge in [-0.2, -0.15) is 0 Å². The molecule has 3 saturated heterocycles. The molecule has 2 N–H and O–H groups in total. The second-order valence-electron chi connectivity index (χ2n) is 16.3. The van der Waals surface area contributed by atoms with Crippen molar-refractivity contribution in [2.75, 3.05) is 62.2 Å². The van der Waals surface area contributed by atoms with E-state index in [1.54, 1.807) is 24.3 Å². The van der Waals surface area contributed by atoms with E-state index in [1.807, 2.05) is 23.1 Å². The summed E-state index contributed by atoms with van der Waals surface area (Å²) in [5.41, 5.74) is 6.18. The van der Waals surface area contributed by atoms with E-state index in [0.29, 0.717) is 48.3 Å². The van der Waals surface area contributed by atoms with Gasteiger partial charge in [0.05, 0.1) is 18.0 Å². The molecule has 12 heteroatoms. The van der Waals surface area contributed by atoms with Gasteiger partial charge in [0.15, 0.2) is 0 Å². The quantitative estimate of drug-likeness (QED) is 0.218. The van der Waals surface area contributed by atoms with Gasteiger partial charge >= 0.3 is 0 Å². The second kappa shape index (κ2) is 15.1. The SMILES string of the molecule is Cc1cccc([C@H]2COc3cc(O)ccc3[C@H]2c2ccc(N3CCC(CN4CCN(c5cc6c(cc5F)C(=O)N([C@H]5CCC(=O)NC5=O)C6)CC4)CC3)c(F)c2)c1. The molecule has 0 spiro atoms. The highest BCUT2D eigenvalue weighted by atomic mass is 19.1. The number of carbonyl (C=O) groups is 3. The Morgan fingerprint density at radius 1 is 0.807 bits per heavy atom. The van der Waals surface area contributed by atoms with Crippen molar-refractivity contribution in [3.05, 3.63) is 118 Å². The molecule has 9 rings (SSSR count). The highest BCUT2D eigenvalue weighted by molar-refractivity contribution is 6.05. The van der Waals surface area contributed by atoms with Crippen molar-refractivity contribution in [2.24, 2.45) is 5.92 Å². The van der Waals surface area contributed by atoms with Crippen molar-refractivity contribution in [2.45, 2.75) is 57.0 Å². The van der Waals surface area contributed by atoms with E-state index in [-0.39, 0.29) is 60.2 Å². The molecule has 10 nitrogen and oxygen atoms in total. The van der Waals surface area contributed by atoms with Crippen LogP contribution in [0.4, 0.5) is 20.2 Å². The van der Waals surface area contributed by atoms with Crippen LogP contribution in [0, 0.1) is 24.5 Å². The lowest BCUT2D eigenvalue weighted by atomic mass is 9.75. The average molecular weight is 776 g/mol. The van der Waals surface area contributed by atoms with Gasteiger partial charge in [0.25, 0.3) is 5.91 Å². The molecule has 57 heavy (non-hydrogen) atoms. The molecule has 0 aromatic heterocycles. The molecule has 0 radical (unpaired) electrons. The minimum absolute atomic E-state index is 0.0132. The number of aromatic hydroxyl groups is 1. The minimum Gasteiger partial charge on any atom is -0.508 e. The Hall–Kier alpha value is -5.49. The first-order valence-corrected chi connectivity index (χ1v) is 20.1. The lowest BCUT2D eigenvalue weighted by Crippen LogP contribution is -2.52. The lowest BCUT2D eigenvalue weighted by Gasteiger charge is -2.40. The first kappa shape index (κ1) is 37.1. The van der Waals surface area contributed by atoms with Crippen LogP contribution in [0.15, 0.2) is 72.8 Å². The van der Waals surface area contributed by atoms with Crippen molar-refractivity contribution in [3.63, 3.8) is 0 Å². The molecular weight excluding hydrogens is 729 g/mol. The zero-order valence-corrected chi connectivity index (χ0v) is 32.1. The number of carbonyl (C=O) groups excluding carboxylic acids is 3. The molecule has 3 atom stereocenters. The highest BCUT2D eigenvalue weighted by Gasteiger charge is 2.40. The third-order valence-electron chi connectivity index (χ3n) is 12.7. The fourth-order valence-electron chi connectivity index (χ4n) is 9.68. The molecule has 0 aliphatic carbocycles. The van der Waals surface area contributed by atoms with E-state index in [2.05, 4.69) is 46.3 Å². The molecule has 0 saturated carbocycles. The summed E-state index contributed by atoms with van der Waals surface area (Å²) >= 11 is 0. The molecule has 4 aromatic rings. The van der Waals surface area contributed by atoms with Crippen LogP contribution in [0.5, 0.6) is 11.5 Å². The number of phenolic OH excluding ortho intramolecular Hbond substituents is 1. The molecule has 4 aromatic carbocycles. The zero-order chi connectivity index (χ0) is 39.4. The summed E-state index contributed by atoms with van der Waals surface area (Å²) in [6.07, 6.45) is 2.33. The number of amides is 3. The number of nitrogens with zero attached hydrogens (tertiary/aromatic N) is 4. The number of piperidine rings is 2. The van der Waals surface area contributed by atoms with Crippen molar-refractivity contribution < 1.29 is 33.0 Å². The maximum absolute atomic E-state index is 16.1. The molecule has 296 valence electrons. The van der Waals surface area contributed by atoms with E-state index in [4.69, 9.17) is 4.74 Å². The highest BCUT2D eigenvalue weighted by Crippen LogP contribution is 2.47. The second-order valence-corrected chi connectivity index (χ2v) is 16.3. The summed E-state index contributed by atoms with van der Waals surface area (Å²) in [6, 6.07) is 21.6. The Morgan fingerprint density at radius 3 is 2.33 bits per heavy atom. The first-order valence-electron chi connectivity index (χ1n) is 20.1. The molecule has 5 heterocycles. The van der Waals surface area contributed by atoms with Crippen LogP contribution in [0.25, 0.3) is 0 Å². The Labute approximate surface area is 331 Å². The van der Waals surface area contributed by atoms with Crippen LogP contribution in [0.2, 0.25) is 0 Å². The van der Waals surface area contributed by atoms with Gasteiger partial charge in [-0.1, -0.05) is 42.0 Å². The Kier molecular flexibility index (Phi) is 9.84. The summed E-state index contributed by atoms with van der Waals surface area (Å²) in [5, 5.41) is 12.5. The molecule has 3 fully saturated rings. The maximum atomic E-state index is 16.1. The van der Waals surface area contributed by atoms with E-state index in [1.165, 1.54) is 11.0 Å². The molecule has 0 bridgehead atoms. The van der Waals surface area contributed by atoms with E-state index in [0.717, 1.165) is 67.8 Å². The van der Waals surface area contributed by atoms with Crippen LogP contribution >= 0.6 is 0 Å². The number of aryl methyl sites for hydroxylation is 1. The minimum atomic E-state index is -0.736. The molecule has 0 unspecified atom stereocenters. The van der Waals surface area contributed by atoms with Gasteiger partial charge in [0.2, 0.25) is 11.8 Å². The van der Waals surface area contributed by atoms with E-state index in [9.17, 15) is 19.5 Å². The van der Waals surface area contributed by atoms with Crippen LogP contribution in [0.3, 0.4) is 0 Å². The molecular formula is C45H47F2N5O5. The van der Waals surface area contributed by atoms with Crippen molar-refractivity contribution in [1.29, 1.82) is 0 Å². The van der Waals surface area contributed by atoms with Gasteiger partial charge in [-0.25, -0.2) is 8.78 Å². The number of rotatable bonds is 7. The van der Waals surface area contributed by atoms with Gasteiger partial charge < -0.3 is 24.5 Å². The lowest BCUT2D eigenvalue weighted by molar-refractivity contribution is -0.136. The van der Waals surface area contributed by atoms with Crippen LogP contribution in [0.1, 0.15) is 75.7 Å². The predicted octanol–water partition coefficient (Wildman–Crippen LogP) is 6.09. The van der Waals surface area contributed by atoms with Gasteiger partial charge in [-0.15, -0.1) is 0 Å². The van der Waals surface area contributed by atoms with E-state index >= 15 is 8.78 Å². The fourth-order valence-corrected chi connectivity index (χ4v) is 9.68. The number of piperazine rings is 1. The van der Waals surface area contributed by atoms with Crippen molar-refractivity contribution in [1.82, 2.24) is 15.1 Å². The van der Waals surface area contributed by atoms with E-state index < -0.39 is 17.8 Å². The normalized spacial score (nSPS) is 23.0. The van der Waals surface area contributed by atoms with Crippen molar-refractivity contribution >= 4 is 29.1 Å². The maximum Gasteiger partial charge on any atom is 0.255 e. The number of fused-ring (bicyclic) bond motifs is 2. The summed E-state index contributed by atoms with van der Waals surface area (Å²) < 4.78 is 37.7. The number of hydrogen-bond acceptors (Lipinski definition) is 8. The van der Waals surface area contributed by atoms with Gasteiger partial charge in [0.1, 0.15) is 29.2 Å².